The van der Waals surface area contributed by atoms with Crippen LogP contribution in [0.4, 0.5) is 5.95 Å². The maximum Gasteiger partial charge on any atom is 0.311 e. The van der Waals surface area contributed by atoms with E-state index < -0.39 is 16.0 Å². The molecule has 0 aliphatic heterocycles. The van der Waals surface area contributed by atoms with Crippen LogP contribution in [0.15, 0.2) is 12.3 Å². The number of hydrogen-bond donors (Lipinski definition) is 1. The topological polar surface area (TPSA) is 98.2 Å². The number of carbonyl (C=O) groups excluding carboxylic acids is 1. The Bertz CT molecular complexity index is 554. The molecule has 0 unspecified atom stereocenters. The Morgan fingerprint density at radius 3 is 2.89 bits per heavy atom. The molecule has 18 heavy (non-hydrogen) atoms. The predicted octanol–water partition coefficient (Wildman–Crippen LogP) is 0.0962. The molecular formula is C10H13N3O4S. The van der Waals surface area contributed by atoms with Gasteiger partial charge in [-0.05, 0) is 18.9 Å². The summed E-state index contributed by atoms with van der Waals surface area (Å²) in [7, 11) is -2.10. The smallest absolute Gasteiger partial charge is 0.311 e. The summed E-state index contributed by atoms with van der Waals surface area (Å²) in [6.45, 7) is 0. The van der Waals surface area contributed by atoms with E-state index in [1.165, 1.54) is 19.4 Å². The molecule has 1 aromatic heterocycles. The quantitative estimate of drug-likeness (QED) is 0.762. The van der Waals surface area contributed by atoms with Gasteiger partial charge in [0.2, 0.25) is 16.0 Å². The van der Waals surface area contributed by atoms with Crippen LogP contribution in [0, 0.1) is 0 Å². The molecule has 0 spiro atoms. The number of carbonyl (C=O) groups is 1. The van der Waals surface area contributed by atoms with E-state index in [0.29, 0.717) is 18.5 Å². The SMILES string of the molecule is COC(=O)Cc1ccnc(NS(=O)(=O)C2CC2)n1. The lowest BCUT2D eigenvalue weighted by molar-refractivity contribution is -0.139. The number of esters is 1. The first-order valence-electron chi connectivity index (χ1n) is 5.41. The standard InChI is InChI=1S/C10H13N3O4S/c1-17-9(14)6-7-4-5-11-10(12-7)13-18(15,16)8-2-3-8/h4-5,8H,2-3,6H2,1H3,(H,11,12,13). The van der Waals surface area contributed by atoms with Crippen molar-refractivity contribution in [1.82, 2.24) is 9.97 Å². The largest absolute Gasteiger partial charge is 0.469 e. The highest BCUT2D eigenvalue weighted by atomic mass is 32.2. The fraction of sp³-hybridized carbons (Fsp3) is 0.500. The van der Waals surface area contributed by atoms with Gasteiger partial charge in [-0.1, -0.05) is 0 Å². The molecule has 8 heteroatoms. The Kier molecular flexibility index (Phi) is 3.46. The second kappa shape index (κ2) is 4.89. The van der Waals surface area contributed by atoms with Crippen LogP contribution in [0.1, 0.15) is 18.5 Å². The van der Waals surface area contributed by atoms with Crippen molar-refractivity contribution in [3.8, 4) is 0 Å². The molecule has 1 aliphatic carbocycles. The van der Waals surface area contributed by atoms with Gasteiger partial charge < -0.3 is 4.74 Å². The van der Waals surface area contributed by atoms with E-state index in [4.69, 9.17) is 0 Å². The van der Waals surface area contributed by atoms with Gasteiger partial charge in [-0.15, -0.1) is 0 Å². The summed E-state index contributed by atoms with van der Waals surface area (Å²) in [5.41, 5.74) is 0.408. The number of rotatable bonds is 5. The third-order valence-electron chi connectivity index (χ3n) is 2.46. The maximum absolute atomic E-state index is 11.7. The van der Waals surface area contributed by atoms with Crippen molar-refractivity contribution in [2.24, 2.45) is 0 Å². The average Bonchev–Trinajstić information content (AvgIpc) is 3.12. The summed E-state index contributed by atoms with van der Waals surface area (Å²) in [6.07, 6.45) is 2.71. The first-order valence-corrected chi connectivity index (χ1v) is 6.96. The summed E-state index contributed by atoms with van der Waals surface area (Å²) >= 11 is 0. The molecule has 2 rings (SSSR count). The van der Waals surface area contributed by atoms with Gasteiger partial charge in [0.15, 0.2) is 0 Å². The Morgan fingerprint density at radius 1 is 1.56 bits per heavy atom. The number of nitrogens with zero attached hydrogens (tertiary/aromatic N) is 2. The highest BCUT2D eigenvalue weighted by Gasteiger charge is 2.36. The van der Waals surface area contributed by atoms with Gasteiger partial charge in [0.05, 0.1) is 24.5 Å². The third kappa shape index (κ3) is 3.16. The minimum atomic E-state index is -3.38. The second-order valence-electron chi connectivity index (χ2n) is 3.97. The van der Waals surface area contributed by atoms with Crippen LogP contribution in [0.3, 0.4) is 0 Å². The zero-order chi connectivity index (χ0) is 13.2. The highest BCUT2D eigenvalue weighted by molar-refractivity contribution is 7.93. The molecule has 1 N–H and O–H groups in total. The summed E-state index contributed by atoms with van der Waals surface area (Å²) in [6, 6.07) is 1.53. The predicted molar refractivity (Wildman–Crippen MR) is 63.3 cm³/mol. The summed E-state index contributed by atoms with van der Waals surface area (Å²) in [4.78, 5) is 18.8. The molecular weight excluding hydrogens is 258 g/mol. The van der Waals surface area contributed by atoms with Gasteiger partial charge in [0, 0.05) is 6.20 Å². The van der Waals surface area contributed by atoms with E-state index >= 15 is 0 Å². The van der Waals surface area contributed by atoms with Crippen molar-refractivity contribution in [3.05, 3.63) is 18.0 Å². The fourth-order valence-electron chi connectivity index (χ4n) is 1.35. The number of ether oxygens (including phenoxy) is 1. The first kappa shape index (κ1) is 12.7. The zero-order valence-corrected chi connectivity index (χ0v) is 10.6. The minimum absolute atomic E-state index is 0.0108. The molecule has 1 saturated carbocycles. The van der Waals surface area contributed by atoms with Crippen LogP contribution in [0.25, 0.3) is 0 Å². The van der Waals surface area contributed by atoms with Gasteiger partial charge in [0.25, 0.3) is 0 Å². The molecule has 0 atom stereocenters. The molecule has 1 aliphatic rings. The lowest BCUT2D eigenvalue weighted by atomic mass is 10.3. The van der Waals surface area contributed by atoms with Gasteiger partial charge in [-0.3, -0.25) is 9.52 Å². The zero-order valence-electron chi connectivity index (χ0n) is 9.79. The van der Waals surface area contributed by atoms with Gasteiger partial charge in [-0.2, -0.15) is 0 Å². The molecule has 0 aromatic carbocycles. The van der Waals surface area contributed by atoms with Gasteiger partial charge in [0.1, 0.15) is 0 Å². The molecule has 7 nitrogen and oxygen atoms in total. The average molecular weight is 271 g/mol. The molecule has 0 radical (unpaired) electrons. The van der Waals surface area contributed by atoms with Crippen molar-refractivity contribution in [3.63, 3.8) is 0 Å². The van der Waals surface area contributed by atoms with Crippen molar-refractivity contribution < 1.29 is 17.9 Å². The number of aromatic nitrogens is 2. The van der Waals surface area contributed by atoms with Crippen LogP contribution in [0.2, 0.25) is 0 Å². The maximum atomic E-state index is 11.7. The normalized spacial score (nSPS) is 15.2. The first-order chi connectivity index (χ1) is 8.51. The van der Waals surface area contributed by atoms with Gasteiger partial charge >= 0.3 is 5.97 Å². The van der Waals surface area contributed by atoms with Crippen LogP contribution >= 0.6 is 0 Å². The van der Waals surface area contributed by atoms with E-state index in [0.717, 1.165) is 0 Å². The molecule has 1 aromatic rings. The lowest BCUT2D eigenvalue weighted by Crippen LogP contribution is -2.19. The molecule has 0 amide bonds. The number of sulfonamides is 1. The van der Waals surface area contributed by atoms with Crippen LogP contribution in [0.5, 0.6) is 0 Å². The summed E-state index contributed by atoms with van der Waals surface area (Å²) in [5.74, 6) is -0.451. The number of hydrogen-bond acceptors (Lipinski definition) is 6. The van der Waals surface area contributed by atoms with Gasteiger partial charge in [-0.25, -0.2) is 18.4 Å². The van der Waals surface area contributed by atoms with E-state index in [1.54, 1.807) is 0 Å². The van der Waals surface area contributed by atoms with Crippen molar-refractivity contribution in [1.29, 1.82) is 0 Å². The van der Waals surface area contributed by atoms with Crippen LogP contribution < -0.4 is 4.72 Å². The molecule has 1 heterocycles. The van der Waals surface area contributed by atoms with Crippen molar-refractivity contribution >= 4 is 21.9 Å². The molecule has 0 saturated heterocycles. The van der Waals surface area contributed by atoms with E-state index in [1.807, 2.05) is 0 Å². The van der Waals surface area contributed by atoms with E-state index in [2.05, 4.69) is 19.4 Å². The summed E-state index contributed by atoms with van der Waals surface area (Å²) < 4.78 is 30.2. The lowest BCUT2D eigenvalue weighted by Gasteiger charge is -2.06. The minimum Gasteiger partial charge on any atom is -0.469 e. The fourth-order valence-corrected chi connectivity index (χ4v) is 2.63. The Labute approximate surface area is 105 Å². The molecule has 0 bridgehead atoms. The Morgan fingerprint density at radius 2 is 2.28 bits per heavy atom. The number of anilines is 1. The molecule has 1 fully saturated rings. The third-order valence-corrected chi connectivity index (χ3v) is 4.28. The highest BCUT2D eigenvalue weighted by Crippen LogP contribution is 2.28. The molecule has 98 valence electrons. The summed E-state index contributed by atoms with van der Waals surface area (Å²) in [5, 5.41) is -0.342. The van der Waals surface area contributed by atoms with E-state index in [9.17, 15) is 13.2 Å². The van der Waals surface area contributed by atoms with Crippen molar-refractivity contribution in [2.45, 2.75) is 24.5 Å². The Balaban J connectivity index is 2.09. The van der Waals surface area contributed by atoms with Crippen LogP contribution in [-0.4, -0.2) is 36.7 Å². The second-order valence-corrected chi connectivity index (χ2v) is 5.93. The Hall–Kier alpha value is -1.70. The monoisotopic (exact) mass is 271 g/mol. The number of nitrogens with one attached hydrogen (secondary N) is 1. The van der Waals surface area contributed by atoms with Crippen molar-refractivity contribution in [2.75, 3.05) is 11.8 Å². The van der Waals surface area contributed by atoms with E-state index in [-0.39, 0.29) is 17.6 Å². The van der Waals surface area contributed by atoms with Crippen LogP contribution in [-0.2, 0) is 26.0 Å². The number of methoxy groups -OCH3 is 1.